The molecule has 0 bridgehead atoms. The Bertz CT molecular complexity index is 377. The van der Waals surface area contributed by atoms with Crippen LogP contribution in [0.5, 0.6) is 11.5 Å². The summed E-state index contributed by atoms with van der Waals surface area (Å²) >= 11 is 0. The molecule has 1 aromatic rings. The summed E-state index contributed by atoms with van der Waals surface area (Å²) in [5, 5.41) is 10.4. The van der Waals surface area contributed by atoms with Gasteiger partial charge in [-0.05, 0) is 18.9 Å². The van der Waals surface area contributed by atoms with E-state index in [1.807, 2.05) is 18.2 Å². The predicted molar refractivity (Wildman–Crippen MR) is 68.1 cm³/mol. The van der Waals surface area contributed by atoms with E-state index in [1.54, 1.807) is 14.2 Å². The third-order valence-electron chi connectivity index (χ3n) is 2.65. The molecule has 0 atom stereocenters. The smallest absolute Gasteiger partial charge is 0.290 e. The molecule has 0 amide bonds. The highest BCUT2D eigenvalue weighted by atomic mass is 16.5. The fourth-order valence-electron chi connectivity index (χ4n) is 1.54. The lowest BCUT2D eigenvalue weighted by Crippen LogP contribution is -2.15. The van der Waals surface area contributed by atoms with Crippen LogP contribution in [0.3, 0.4) is 0 Å². The van der Waals surface area contributed by atoms with Crippen molar-refractivity contribution in [3.05, 3.63) is 23.8 Å². The lowest BCUT2D eigenvalue weighted by atomic mass is 10.2. The summed E-state index contributed by atoms with van der Waals surface area (Å²) in [6.07, 6.45) is 2.61. The Balaban J connectivity index is 0.000000492. The van der Waals surface area contributed by atoms with Gasteiger partial charge in [0, 0.05) is 24.2 Å². The summed E-state index contributed by atoms with van der Waals surface area (Å²) in [6.45, 7) is 0.623. The molecule has 0 aromatic heterocycles. The van der Waals surface area contributed by atoms with E-state index < -0.39 is 0 Å². The molecule has 2 N–H and O–H groups in total. The highest BCUT2D eigenvalue weighted by Gasteiger charge is 2.20. The molecule has 18 heavy (non-hydrogen) atoms. The average molecular weight is 253 g/mol. The largest absolute Gasteiger partial charge is 0.497 e. The van der Waals surface area contributed by atoms with Crippen molar-refractivity contribution in [2.45, 2.75) is 25.4 Å². The van der Waals surface area contributed by atoms with Crippen LogP contribution in [-0.4, -0.2) is 31.8 Å². The fourth-order valence-corrected chi connectivity index (χ4v) is 1.54. The maximum absolute atomic E-state index is 8.36. The predicted octanol–water partition coefficient (Wildman–Crippen LogP) is 1.66. The topological polar surface area (TPSA) is 67.8 Å². The van der Waals surface area contributed by atoms with Crippen molar-refractivity contribution >= 4 is 6.47 Å². The van der Waals surface area contributed by atoms with Crippen molar-refractivity contribution in [2.75, 3.05) is 14.2 Å². The summed E-state index contributed by atoms with van der Waals surface area (Å²) in [6, 6.07) is 6.65. The van der Waals surface area contributed by atoms with E-state index in [2.05, 4.69) is 5.32 Å². The van der Waals surface area contributed by atoms with Gasteiger partial charge in [-0.1, -0.05) is 6.07 Å². The second-order valence-electron chi connectivity index (χ2n) is 3.94. The minimum absolute atomic E-state index is 0.250. The summed E-state index contributed by atoms with van der Waals surface area (Å²) in [7, 11) is 3.35. The molecule has 5 nitrogen and oxygen atoms in total. The number of hydrogen-bond donors (Lipinski definition) is 2. The van der Waals surface area contributed by atoms with Gasteiger partial charge in [-0.25, -0.2) is 0 Å². The van der Waals surface area contributed by atoms with Crippen molar-refractivity contribution in [1.82, 2.24) is 5.32 Å². The third-order valence-corrected chi connectivity index (χ3v) is 2.65. The number of rotatable bonds is 5. The van der Waals surface area contributed by atoms with Gasteiger partial charge in [0.05, 0.1) is 14.2 Å². The van der Waals surface area contributed by atoms with Gasteiger partial charge < -0.3 is 19.9 Å². The standard InChI is InChI=1S/C12H17NO2.CH2O2/c1-14-11-6-3-9(12(7-11)15-2)8-13-10-4-5-10;2-1-3/h3,6-7,10,13H,4-5,8H2,1-2H3;1H,(H,2,3). The van der Waals surface area contributed by atoms with Crippen LogP contribution in [-0.2, 0) is 11.3 Å². The molecule has 1 saturated carbocycles. The first-order chi connectivity index (χ1) is 8.74. The second-order valence-corrected chi connectivity index (χ2v) is 3.94. The number of carbonyl (C=O) groups is 1. The Hall–Kier alpha value is -1.75. The van der Waals surface area contributed by atoms with Gasteiger partial charge in [0.2, 0.25) is 0 Å². The zero-order valence-corrected chi connectivity index (χ0v) is 10.7. The van der Waals surface area contributed by atoms with Crippen LogP contribution in [0, 0.1) is 0 Å². The maximum Gasteiger partial charge on any atom is 0.290 e. The summed E-state index contributed by atoms with van der Waals surface area (Å²) in [4.78, 5) is 8.36. The van der Waals surface area contributed by atoms with Crippen LogP contribution < -0.4 is 14.8 Å². The van der Waals surface area contributed by atoms with Crippen molar-refractivity contribution < 1.29 is 19.4 Å². The van der Waals surface area contributed by atoms with E-state index in [0.717, 1.165) is 24.1 Å². The first kappa shape index (κ1) is 14.3. The number of ether oxygens (including phenoxy) is 2. The monoisotopic (exact) mass is 253 g/mol. The van der Waals surface area contributed by atoms with Gasteiger partial charge in [-0.3, -0.25) is 4.79 Å². The SMILES string of the molecule is COc1ccc(CNC2CC2)c(OC)c1.O=CO. The molecule has 1 fully saturated rings. The number of nitrogens with one attached hydrogen (secondary N) is 1. The van der Waals surface area contributed by atoms with E-state index >= 15 is 0 Å². The Labute approximate surface area is 107 Å². The van der Waals surface area contributed by atoms with E-state index in [-0.39, 0.29) is 6.47 Å². The molecule has 1 aliphatic rings. The first-order valence-corrected chi connectivity index (χ1v) is 5.77. The third kappa shape index (κ3) is 4.63. The molecule has 2 rings (SSSR count). The number of methoxy groups -OCH3 is 2. The Morgan fingerprint density at radius 2 is 2.06 bits per heavy atom. The normalized spacial score (nSPS) is 13.2. The molecule has 0 heterocycles. The number of carboxylic acid groups (broad SMARTS) is 1. The van der Waals surface area contributed by atoms with Gasteiger partial charge in [0.1, 0.15) is 11.5 Å². The molecule has 0 saturated heterocycles. The Morgan fingerprint density at radius 3 is 2.56 bits per heavy atom. The second kappa shape index (κ2) is 7.55. The molecule has 0 unspecified atom stereocenters. The lowest BCUT2D eigenvalue weighted by molar-refractivity contribution is -0.122. The molecule has 0 radical (unpaired) electrons. The molecule has 0 spiro atoms. The molecule has 1 aliphatic carbocycles. The Kier molecular flexibility index (Phi) is 6.00. The minimum atomic E-state index is -0.250. The summed E-state index contributed by atoms with van der Waals surface area (Å²) in [5.74, 6) is 1.73. The maximum atomic E-state index is 8.36. The van der Waals surface area contributed by atoms with E-state index in [9.17, 15) is 0 Å². The van der Waals surface area contributed by atoms with Crippen LogP contribution in [0.1, 0.15) is 18.4 Å². The highest BCUT2D eigenvalue weighted by molar-refractivity contribution is 5.40. The van der Waals surface area contributed by atoms with Crippen molar-refractivity contribution in [3.8, 4) is 11.5 Å². The summed E-state index contributed by atoms with van der Waals surface area (Å²) in [5.41, 5.74) is 1.19. The van der Waals surface area contributed by atoms with E-state index in [4.69, 9.17) is 19.4 Å². The minimum Gasteiger partial charge on any atom is -0.497 e. The average Bonchev–Trinajstić information content (AvgIpc) is 3.21. The van der Waals surface area contributed by atoms with Crippen LogP contribution in [0.2, 0.25) is 0 Å². The van der Waals surface area contributed by atoms with Crippen LogP contribution in [0.25, 0.3) is 0 Å². The molecule has 100 valence electrons. The number of hydrogen-bond acceptors (Lipinski definition) is 4. The van der Waals surface area contributed by atoms with Crippen molar-refractivity contribution in [3.63, 3.8) is 0 Å². The Morgan fingerprint density at radius 1 is 1.39 bits per heavy atom. The van der Waals surface area contributed by atoms with E-state index in [0.29, 0.717) is 0 Å². The first-order valence-electron chi connectivity index (χ1n) is 5.77. The fraction of sp³-hybridized carbons (Fsp3) is 0.462. The van der Waals surface area contributed by atoms with Gasteiger partial charge in [-0.2, -0.15) is 0 Å². The molecule has 1 aromatic carbocycles. The molecule has 0 aliphatic heterocycles. The molecular weight excluding hydrogens is 234 g/mol. The summed E-state index contributed by atoms with van der Waals surface area (Å²) < 4.78 is 10.5. The van der Waals surface area contributed by atoms with Crippen LogP contribution >= 0.6 is 0 Å². The molecular formula is C13H19NO4. The number of benzene rings is 1. The van der Waals surface area contributed by atoms with Gasteiger partial charge in [0.15, 0.2) is 0 Å². The van der Waals surface area contributed by atoms with Gasteiger partial charge >= 0.3 is 0 Å². The van der Waals surface area contributed by atoms with Crippen molar-refractivity contribution in [2.24, 2.45) is 0 Å². The van der Waals surface area contributed by atoms with Gasteiger partial charge in [0.25, 0.3) is 6.47 Å². The van der Waals surface area contributed by atoms with Crippen LogP contribution in [0.4, 0.5) is 0 Å². The van der Waals surface area contributed by atoms with Crippen LogP contribution in [0.15, 0.2) is 18.2 Å². The van der Waals surface area contributed by atoms with Gasteiger partial charge in [-0.15, -0.1) is 0 Å². The quantitative estimate of drug-likeness (QED) is 0.781. The lowest BCUT2D eigenvalue weighted by Gasteiger charge is -2.10. The molecule has 5 heteroatoms. The van der Waals surface area contributed by atoms with Crippen molar-refractivity contribution in [1.29, 1.82) is 0 Å². The highest BCUT2D eigenvalue weighted by Crippen LogP contribution is 2.26. The zero-order chi connectivity index (χ0) is 13.4. The zero-order valence-electron chi connectivity index (χ0n) is 10.7. The van der Waals surface area contributed by atoms with E-state index in [1.165, 1.54) is 18.4 Å².